The Morgan fingerprint density at radius 1 is 1.53 bits per heavy atom. The summed E-state index contributed by atoms with van der Waals surface area (Å²) in [6.07, 6.45) is 5.32. The highest BCUT2D eigenvalue weighted by Crippen LogP contribution is 2.49. The van der Waals surface area contributed by atoms with Crippen LogP contribution in [0.15, 0.2) is 0 Å². The number of hydrogen-bond donors (Lipinski definition) is 1. The summed E-state index contributed by atoms with van der Waals surface area (Å²) < 4.78 is 11.3. The molecule has 1 aliphatic heterocycles. The first-order chi connectivity index (χ1) is 8.22. The highest BCUT2D eigenvalue weighted by atomic mass is 16.7. The van der Waals surface area contributed by atoms with Crippen molar-refractivity contribution in [2.24, 2.45) is 11.8 Å². The normalized spacial score (nSPS) is 36.0. The van der Waals surface area contributed by atoms with E-state index in [2.05, 4.69) is 6.92 Å². The molecule has 1 N–H and O–H groups in total. The molecule has 1 saturated carbocycles. The molecule has 0 spiro atoms. The first kappa shape index (κ1) is 12.8. The molecule has 0 radical (unpaired) electrons. The lowest BCUT2D eigenvalue weighted by atomic mass is 9.92. The second-order valence-corrected chi connectivity index (χ2v) is 5.13. The Hall–Kier alpha value is -0.610. The summed E-state index contributed by atoms with van der Waals surface area (Å²) in [6, 6.07) is 0. The number of rotatable bonds is 6. The van der Waals surface area contributed by atoms with Crippen LogP contribution < -0.4 is 0 Å². The van der Waals surface area contributed by atoms with Gasteiger partial charge >= 0.3 is 5.97 Å². The molecule has 4 heteroatoms. The topological polar surface area (TPSA) is 55.8 Å². The Morgan fingerprint density at radius 3 is 3.06 bits per heavy atom. The van der Waals surface area contributed by atoms with Crippen molar-refractivity contribution in [3.05, 3.63) is 0 Å². The van der Waals surface area contributed by atoms with Gasteiger partial charge < -0.3 is 14.6 Å². The third-order valence-corrected chi connectivity index (χ3v) is 4.00. The maximum Gasteiger partial charge on any atom is 0.308 e. The molecule has 2 fully saturated rings. The van der Waals surface area contributed by atoms with Crippen molar-refractivity contribution in [3.8, 4) is 0 Å². The number of hydrogen-bond acceptors (Lipinski definition) is 4. The molecule has 0 bridgehead atoms. The van der Waals surface area contributed by atoms with Gasteiger partial charge in [0, 0.05) is 18.9 Å². The molecule has 2 aliphatic rings. The standard InChI is InChI=1S/C13H22O4/c1-2-3-4-7-16-13-6-5-10(9-14)11(13)8-12(15)17-13/h10-11,14H,2-9H2,1H3. The third-order valence-electron chi connectivity index (χ3n) is 4.00. The number of fused-ring (bicyclic) bond motifs is 1. The minimum Gasteiger partial charge on any atom is -0.433 e. The molecule has 0 aromatic heterocycles. The predicted octanol–water partition coefficient (Wildman–Crippen LogP) is 1.85. The van der Waals surface area contributed by atoms with E-state index < -0.39 is 5.79 Å². The number of unbranched alkanes of at least 4 members (excludes halogenated alkanes) is 2. The van der Waals surface area contributed by atoms with Crippen molar-refractivity contribution in [3.63, 3.8) is 0 Å². The second kappa shape index (κ2) is 5.36. The highest BCUT2D eigenvalue weighted by Gasteiger charge is 2.57. The number of carbonyl (C=O) groups excluding carboxylic acids is 1. The van der Waals surface area contributed by atoms with Crippen LogP contribution in [0.5, 0.6) is 0 Å². The number of aliphatic hydroxyl groups excluding tert-OH is 1. The molecule has 1 saturated heterocycles. The molecule has 4 nitrogen and oxygen atoms in total. The molecule has 0 amide bonds. The Labute approximate surface area is 102 Å². The van der Waals surface area contributed by atoms with Gasteiger partial charge in [0.1, 0.15) is 0 Å². The average molecular weight is 242 g/mol. The average Bonchev–Trinajstić information content (AvgIpc) is 2.79. The van der Waals surface area contributed by atoms with Gasteiger partial charge in [0.05, 0.1) is 13.0 Å². The molecule has 17 heavy (non-hydrogen) atoms. The van der Waals surface area contributed by atoms with Gasteiger partial charge in [-0.3, -0.25) is 4.79 Å². The van der Waals surface area contributed by atoms with Crippen molar-refractivity contribution in [1.29, 1.82) is 0 Å². The van der Waals surface area contributed by atoms with E-state index in [1.807, 2.05) is 0 Å². The van der Waals surface area contributed by atoms with Gasteiger partial charge in [-0.2, -0.15) is 0 Å². The van der Waals surface area contributed by atoms with E-state index in [4.69, 9.17) is 9.47 Å². The van der Waals surface area contributed by atoms with E-state index in [9.17, 15) is 9.90 Å². The predicted molar refractivity (Wildman–Crippen MR) is 62.2 cm³/mol. The maximum atomic E-state index is 11.4. The van der Waals surface area contributed by atoms with Crippen LogP contribution in [0.25, 0.3) is 0 Å². The van der Waals surface area contributed by atoms with E-state index in [0.29, 0.717) is 13.0 Å². The molecular weight excluding hydrogens is 220 g/mol. The highest BCUT2D eigenvalue weighted by molar-refractivity contribution is 5.73. The summed E-state index contributed by atoms with van der Waals surface area (Å²) in [5, 5.41) is 9.30. The molecule has 1 aliphatic carbocycles. The fourth-order valence-electron chi connectivity index (χ4n) is 3.02. The molecule has 0 aromatic rings. The van der Waals surface area contributed by atoms with Gasteiger partial charge in [-0.25, -0.2) is 0 Å². The summed E-state index contributed by atoms with van der Waals surface area (Å²) in [5.74, 6) is -0.670. The van der Waals surface area contributed by atoms with Crippen LogP contribution in [0, 0.1) is 11.8 Å². The Balaban J connectivity index is 1.94. The molecular formula is C13H22O4. The second-order valence-electron chi connectivity index (χ2n) is 5.13. The van der Waals surface area contributed by atoms with Crippen molar-refractivity contribution >= 4 is 5.97 Å². The van der Waals surface area contributed by atoms with E-state index >= 15 is 0 Å². The number of carbonyl (C=O) groups is 1. The maximum absolute atomic E-state index is 11.4. The number of aliphatic hydroxyl groups is 1. The third kappa shape index (κ3) is 2.47. The van der Waals surface area contributed by atoms with Crippen LogP contribution in [-0.2, 0) is 14.3 Å². The summed E-state index contributed by atoms with van der Waals surface area (Å²) in [6.45, 7) is 2.92. The molecule has 3 atom stereocenters. The molecule has 98 valence electrons. The van der Waals surface area contributed by atoms with Crippen LogP contribution in [0.4, 0.5) is 0 Å². The largest absolute Gasteiger partial charge is 0.433 e. The van der Waals surface area contributed by atoms with Crippen LogP contribution >= 0.6 is 0 Å². The Bertz CT molecular complexity index is 279. The summed E-state index contributed by atoms with van der Waals surface area (Å²) in [7, 11) is 0. The first-order valence-electron chi connectivity index (χ1n) is 6.68. The van der Waals surface area contributed by atoms with Crippen molar-refractivity contribution in [2.45, 2.75) is 51.2 Å². The minimum absolute atomic E-state index is 0.0571. The quantitative estimate of drug-likeness (QED) is 0.570. The first-order valence-corrected chi connectivity index (χ1v) is 6.68. The lowest BCUT2D eigenvalue weighted by molar-refractivity contribution is -0.223. The Kier molecular flexibility index (Phi) is 4.05. The smallest absolute Gasteiger partial charge is 0.308 e. The van der Waals surface area contributed by atoms with E-state index in [1.54, 1.807) is 0 Å². The van der Waals surface area contributed by atoms with E-state index in [-0.39, 0.29) is 24.4 Å². The van der Waals surface area contributed by atoms with Gasteiger partial charge in [-0.1, -0.05) is 19.8 Å². The zero-order valence-corrected chi connectivity index (χ0v) is 10.5. The molecule has 2 rings (SSSR count). The number of esters is 1. The van der Waals surface area contributed by atoms with Gasteiger partial charge in [0.25, 0.3) is 0 Å². The summed E-state index contributed by atoms with van der Waals surface area (Å²) in [4.78, 5) is 11.4. The zero-order chi connectivity index (χ0) is 12.3. The van der Waals surface area contributed by atoms with Gasteiger partial charge in [0.2, 0.25) is 5.79 Å². The fraction of sp³-hybridized carbons (Fsp3) is 0.923. The van der Waals surface area contributed by atoms with E-state index in [1.165, 1.54) is 0 Å². The van der Waals surface area contributed by atoms with Crippen LogP contribution in [0.1, 0.15) is 45.4 Å². The van der Waals surface area contributed by atoms with Gasteiger partial charge in [-0.15, -0.1) is 0 Å². The van der Waals surface area contributed by atoms with Gasteiger partial charge in [-0.05, 0) is 18.8 Å². The summed E-state index contributed by atoms with van der Waals surface area (Å²) in [5.41, 5.74) is 0. The fourth-order valence-corrected chi connectivity index (χ4v) is 3.02. The minimum atomic E-state index is -0.710. The zero-order valence-electron chi connectivity index (χ0n) is 10.5. The lowest BCUT2D eigenvalue weighted by Gasteiger charge is -2.28. The van der Waals surface area contributed by atoms with Crippen molar-refractivity contribution < 1.29 is 19.4 Å². The molecule has 3 unspecified atom stereocenters. The monoisotopic (exact) mass is 242 g/mol. The van der Waals surface area contributed by atoms with Gasteiger partial charge in [0.15, 0.2) is 0 Å². The van der Waals surface area contributed by atoms with Crippen LogP contribution in [0.2, 0.25) is 0 Å². The van der Waals surface area contributed by atoms with Crippen molar-refractivity contribution in [2.75, 3.05) is 13.2 Å². The Morgan fingerprint density at radius 2 is 2.35 bits per heavy atom. The lowest BCUT2D eigenvalue weighted by Crippen LogP contribution is -2.36. The SMILES string of the molecule is CCCCCOC12CCC(CO)C1CC(=O)O2. The molecule has 0 aromatic carbocycles. The van der Waals surface area contributed by atoms with E-state index in [0.717, 1.165) is 32.1 Å². The molecule has 1 heterocycles. The van der Waals surface area contributed by atoms with Crippen LogP contribution in [0.3, 0.4) is 0 Å². The van der Waals surface area contributed by atoms with Crippen molar-refractivity contribution in [1.82, 2.24) is 0 Å². The number of ether oxygens (including phenoxy) is 2. The van der Waals surface area contributed by atoms with Crippen LogP contribution in [-0.4, -0.2) is 30.1 Å². The summed E-state index contributed by atoms with van der Waals surface area (Å²) >= 11 is 0.